The second-order valence-corrected chi connectivity index (χ2v) is 4.58. The Morgan fingerprint density at radius 2 is 2.00 bits per heavy atom. The Morgan fingerprint density at radius 1 is 1.32 bits per heavy atom. The van der Waals surface area contributed by atoms with Crippen molar-refractivity contribution in [1.29, 1.82) is 0 Å². The molecule has 0 aliphatic carbocycles. The standard InChI is InChI=1S/C14H18N4O/c1-11-13(9-19)14(15-10-17(2)3)18(16-11)12-7-5-4-6-8-12/h4-8,10,19H,9H2,1-3H3/p+1. The lowest BCUT2D eigenvalue weighted by molar-refractivity contribution is -0.643. The number of aryl methyl sites for hydroxylation is 1. The van der Waals surface area contributed by atoms with Gasteiger partial charge in [0.05, 0.1) is 17.9 Å². The summed E-state index contributed by atoms with van der Waals surface area (Å²) in [6, 6.07) is 9.89. The molecule has 0 spiro atoms. The average molecular weight is 259 g/mol. The summed E-state index contributed by atoms with van der Waals surface area (Å²) in [7, 11) is 3.82. The van der Waals surface area contributed by atoms with Gasteiger partial charge in [-0.2, -0.15) is 0 Å². The first-order chi connectivity index (χ1) is 9.13. The first-order valence-corrected chi connectivity index (χ1v) is 6.14. The van der Waals surface area contributed by atoms with Crippen molar-refractivity contribution in [2.45, 2.75) is 13.5 Å². The van der Waals surface area contributed by atoms with Gasteiger partial charge in [0.15, 0.2) is 5.69 Å². The zero-order valence-corrected chi connectivity index (χ0v) is 11.5. The Hall–Kier alpha value is -2.14. The molecule has 2 N–H and O–H groups in total. The van der Waals surface area contributed by atoms with Gasteiger partial charge in [-0.15, -0.1) is 4.68 Å². The number of nitrogens with zero attached hydrogens (tertiary/aromatic N) is 3. The fourth-order valence-electron chi connectivity index (χ4n) is 1.85. The van der Waals surface area contributed by atoms with Crippen LogP contribution in [-0.4, -0.2) is 35.5 Å². The number of aromatic amines is 1. The number of rotatable bonds is 4. The average Bonchev–Trinajstić information content (AvgIpc) is 2.73. The molecule has 5 nitrogen and oxygen atoms in total. The molecule has 1 aromatic heterocycles. The van der Waals surface area contributed by atoms with Crippen LogP contribution in [0.3, 0.4) is 0 Å². The van der Waals surface area contributed by atoms with Gasteiger partial charge >= 0.3 is 5.82 Å². The van der Waals surface area contributed by atoms with Gasteiger partial charge in [0.25, 0.3) is 0 Å². The molecule has 0 amide bonds. The molecule has 100 valence electrons. The van der Waals surface area contributed by atoms with Gasteiger partial charge in [0, 0.05) is 14.1 Å². The highest BCUT2D eigenvalue weighted by Crippen LogP contribution is 2.19. The number of nitrogens with one attached hydrogen (secondary N) is 1. The lowest BCUT2D eigenvalue weighted by atomic mass is 10.2. The van der Waals surface area contributed by atoms with Crippen LogP contribution in [0, 0.1) is 6.92 Å². The SMILES string of the molecule is Cc1[nH][n+](-c2ccccc2)c(N=CN(C)C)c1CO. The van der Waals surface area contributed by atoms with E-state index in [1.54, 1.807) is 6.34 Å². The number of para-hydroxylation sites is 1. The molecular formula is C14H19N4O+. The van der Waals surface area contributed by atoms with Crippen molar-refractivity contribution >= 4 is 12.2 Å². The lowest BCUT2D eigenvalue weighted by Gasteiger charge is -1.99. The van der Waals surface area contributed by atoms with Crippen LogP contribution in [0.5, 0.6) is 0 Å². The van der Waals surface area contributed by atoms with Gasteiger partial charge in [0.2, 0.25) is 6.34 Å². The summed E-state index contributed by atoms with van der Waals surface area (Å²) in [6.45, 7) is 1.89. The quantitative estimate of drug-likeness (QED) is 0.494. The first kappa shape index (κ1) is 13.3. The van der Waals surface area contributed by atoms with E-state index in [1.165, 1.54) is 0 Å². The Balaban J connectivity index is 2.55. The number of hydrogen-bond acceptors (Lipinski definition) is 2. The number of benzene rings is 1. The topological polar surface area (TPSA) is 55.5 Å². The van der Waals surface area contributed by atoms with E-state index in [2.05, 4.69) is 10.1 Å². The van der Waals surface area contributed by atoms with Gasteiger partial charge in [-0.25, -0.2) is 5.10 Å². The molecule has 0 fully saturated rings. The number of aliphatic hydroxyl groups excluding tert-OH is 1. The lowest BCUT2D eigenvalue weighted by Crippen LogP contribution is -2.33. The van der Waals surface area contributed by atoms with Crippen molar-refractivity contribution < 1.29 is 9.79 Å². The first-order valence-electron chi connectivity index (χ1n) is 6.14. The summed E-state index contributed by atoms with van der Waals surface area (Å²) in [6.07, 6.45) is 1.72. The van der Waals surface area contributed by atoms with Crippen molar-refractivity contribution in [3.8, 4) is 5.69 Å². The van der Waals surface area contributed by atoms with E-state index in [-0.39, 0.29) is 6.61 Å². The van der Waals surface area contributed by atoms with Crippen LogP contribution >= 0.6 is 0 Å². The molecule has 0 radical (unpaired) electrons. The molecule has 2 rings (SSSR count). The molecule has 0 atom stereocenters. The largest absolute Gasteiger partial charge is 0.391 e. The number of aromatic nitrogens is 2. The maximum absolute atomic E-state index is 9.50. The van der Waals surface area contributed by atoms with Crippen molar-refractivity contribution in [2.24, 2.45) is 4.99 Å². The summed E-state index contributed by atoms with van der Waals surface area (Å²) in [5.74, 6) is 0.722. The number of aliphatic hydroxyl groups is 1. The maximum atomic E-state index is 9.50. The molecule has 5 heteroatoms. The summed E-state index contributed by atoms with van der Waals surface area (Å²) >= 11 is 0. The van der Waals surface area contributed by atoms with Gasteiger partial charge < -0.3 is 10.0 Å². The molecule has 1 heterocycles. The minimum absolute atomic E-state index is 0.0394. The molecule has 0 aliphatic heterocycles. The zero-order valence-electron chi connectivity index (χ0n) is 11.5. The normalized spacial score (nSPS) is 11.2. The highest BCUT2D eigenvalue weighted by atomic mass is 16.3. The van der Waals surface area contributed by atoms with Crippen LogP contribution in [0.2, 0.25) is 0 Å². The molecule has 19 heavy (non-hydrogen) atoms. The molecule has 0 bridgehead atoms. The predicted octanol–water partition coefficient (Wildman–Crippen LogP) is 1.31. The van der Waals surface area contributed by atoms with E-state index in [0.29, 0.717) is 0 Å². The summed E-state index contributed by atoms with van der Waals surface area (Å²) in [5.41, 5.74) is 2.70. The van der Waals surface area contributed by atoms with Crippen molar-refractivity contribution in [3.05, 3.63) is 41.6 Å². The molecule has 0 unspecified atom stereocenters. The monoisotopic (exact) mass is 259 g/mol. The molecule has 0 aliphatic rings. The summed E-state index contributed by atoms with van der Waals surface area (Å²) in [4.78, 5) is 6.31. The molecule has 0 saturated heterocycles. The summed E-state index contributed by atoms with van der Waals surface area (Å²) < 4.78 is 1.88. The van der Waals surface area contributed by atoms with Gasteiger partial charge in [-0.05, 0) is 24.0 Å². The Labute approximate surface area is 112 Å². The highest BCUT2D eigenvalue weighted by molar-refractivity contribution is 5.59. The van der Waals surface area contributed by atoms with E-state index in [9.17, 15) is 5.11 Å². The van der Waals surface area contributed by atoms with Crippen molar-refractivity contribution in [1.82, 2.24) is 10.00 Å². The minimum atomic E-state index is -0.0394. The molecular weight excluding hydrogens is 240 g/mol. The molecule has 2 aromatic rings. The van der Waals surface area contributed by atoms with E-state index in [4.69, 9.17) is 0 Å². The smallest absolute Gasteiger partial charge is 0.355 e. The van der Waals surface area contributed by atoms with Crippen LogP contribution in [0.15, 0.2) is 35.3 Å². The number of H-pyrrole nitrogens is 1. The Morgan fingerprint density at radius 3 is 2.58 bits per heavy atom. The fourth-order valence-corrected chi connectivity index (χ4v) is 1.85. The highest BCUT2D eigenvalue weighted by Gasteiger charge is 2.22. The van der Waals surface area contributed by atoms with Gasteiger partial charge in [-0.3, -0.25) is 0 Å². The minimum Gasteiger partial charge on any atom is -0.391 e. The summed E-state index contributed by atoms with van der Waals surface area (Å²) in [5, 5.41) is 12.7. The van der Waals surface area contributed by atoms with E-state index in [1.807, 2.05) is 60.9 Å². The van der Waals surface area contributed by atoms with Gasteiger partial charge in [0.1, 0.15) is 0 Å². The third-order valence-electron chi connectivity index (χ3n) is 2.80. The van der Waals surface area contributed by atoms with E-state index >= 15 is 0 Å². The number of hydrogen-bond donors (Lipinski definition) is 2. The van der Waals surface area contributed by atoms with Crippen LogP contribution in [-0.2, 0) is 6.61 Å². The number of aliphatic imine (C=N–C) groups is 1. The van der Waals surface area contributed by atoms with Crippen LogP contribution < -0.4 is 4.68 Å². The Bertz CT molecular complexity index is 573. The zero-order chi connectivity index (χ0) is 13.8. The molecule has 0 saturated carbocycles. The van der Waals surface area contributed by atoms with Crippen molar-refractivity contribution in [2.75, 3.05) is 14.1 Å². The third kappa shape index (κ3) is 2.82. The second-order valence-electron chi connectivity index (χ2n) is 4.58. The van der Waals surface area contributed by atoms with Crippen molar-refractivity contribution in [3.63, 3.8) is 0 Å². The second kappa shape index (κ2) is 5.67. The molecule has 1 aromatic carbocycles. The van der Waals surface area contributed by atoms with Crippen LogP contribution in [0.1, 0.15) is 11.3 Å². The van der Waals surface area contributed by atoms with Gasteiger partial charge in [-0.1, -0.05) is 18.2 Å². The van der Waals surface area contributed by atoms with Crippen LogP contribution in [0.4, 0.5) is 5.82 Å². The fraction of sp³-hybridized carbons (Fsp3) is 0.286. The maximum Gasteiger partial charge on any atom is 0.355 e. The third-order valence-corrected chi connectivity index (χ3v) is 2.80. The predicted molar refractivity (Wildman–Crippen MR) is 74.8 cm³/mol. The Kier molecular flexibility index (Phi) is 3.97. The van der Waals surface area contributed by atoms with E-state index in [0.717, 1.165) is 22.8 Å². The van der Waals surface area contributed by atoms with Crippen LogP contribution in [0.25, 0.3) is 5.69 Å². The van der Waals surface area contributed by atoms with E-state index < -0.39 is 0 Å².